The largest absolute Gasteiger partial charge is 0.330 e. The first kappa shape index (κ1) is 14.0. The van der Waals surface area contributed by atoms with E-state index in [2.05, 4.69) is 18.7 Å². The zero-order valence-electron chi connectivity index (χ0n) is 11.3. The first-order valence-electron chi connectivity index (χ1n) is 7.22. The standard InChI is InChI=1S/C14H30N2/c1-3-7-14-9-4-5-10-16(14)11-6-8-13(2)12-15/h13-14H,3-12,15H2,1-2H3. The van der Waals surface area contributed by atoms with Crippen molar-refractivity contribution in [3.05, 3.63) is 0 Å². The Labute approximate surface area is 102 Å². The van der Waals surface area contributed by atoms with E-state index in [1.54, 1.807) is 0 Å². The molecule has 1 fully saturated rings. The normalized spacial score (nSPS) is 24.6. The number of hydrogen-bond acceptors (Lipinski definition) is 2. The van der Waals surface area contributed by atoms with Crippen molar-refractivity contribution in [2.75, 3.05) is 19.6 Å². The van der Waals surface area contributed by atoms with Crippen LogP contribution in [0.5, 0.6) is 0 Å². The third-order valence-electron chi connectivity index (χ3n) is 3.92. The molecular weight excluding hydrogens is 196 g/mol. The maximum Gasteiger partial charge on any atom is 0.00951 e. The molecule has 16 heavy (non-hydrogen) atoms. The van der Waals surface area contributed by atoms with E-state index in [1.165, 1.54) is 58.0 Å². The quantitative estimate of drug-likeness (QED) is 0.723. The molecule has 0 aliphatic carbocycles. The van der Waals surface area contributed by atoms with Crippen LogP contribution < -0.4 is 5.73 Å². The van der Waals surface area contributed by atoms with Crippen LogP contribution in [0.3, 0.4) is 0 Å². The molecule has 0 radical (unpaired) electrons. The molecule has 0 spiro atoms. The minimum atomic E-state index is 0.703. The van der Waals surface area contributed by atoms with Crippen LogP contribution in [0.15, 0.2) is 0 Å². The summed E-state index contributed by atoms with van der Waals surface area (Å²) in [5.74, 6) is 0.703. The van der Waals surface area contributed by atoms with Crippen LogP contribution in [0.25, 0.3) is 0 Å². The van der Waals surface area contributed by atoms with Crippen LogP contribution in [0.4, 0.5) is 0 Å². The second kappa shape index (κ2) is 8.08. The van der Waals surface area contributed by atoms with Crippen LogP contribution in [0.1, 0.15) is 58.8 Å². The molecule has 1 aliphatic heterocycles. The second-order valence-corrected chi connectivity index (χ2v) is 5.46. The lowest BCUT2D eigenvalue weighted by Gasteiger charge is -2.36. The monoisotopic (exact) mass is 226 g/mol. The van der Waals surface area contributed by atoms with Crippen LogP contribution in [0.2, 0.25) is 0 Å². The fraction of sp³-hybridized carbons (Fsp3) is 1.00. The number of rotatable bonds is 7. The zero-order chi connectivity index (χ0) is 11.8. The summed E-state index contributed by atoms with van der Waals surface area (Å²) in [5, 5.41) is 0. The van der Waals surface area contributed by atoms with E-state index in [9.17, 15) is 0 Å². The van der Waals surface area contributed by atoms with Crippen LogP contribution in [-0.2, 0) is 0 Å². The molecule has 96 valence electrons. The summed E-state index contributed by atoms with van der Waals surface area (Å²) < 4.78 is 0. The molecule has 0 aromatic heterocycles. The summed E-state index contributed by atoms with van der Waals surface area (Å²) in [5.41, 5.74) is 5.65. The lowest BCUT2D eigenvalue weighted by atomic mass is 9.97. The first-order valence-corrected chi connectivity index (χ1v) is 7.22. The molecule has 0 bridgehead atoms. The molecule has 1 rings (SSSR count). The molecule has 1 aliphatic rings. The Morgan fingerprint density at radius 1 is 1.38 bits per heavy atom. The minimum absolute atomic E-state index is 0.703. The molecule has 2 heteroatoms. The van der Waals surface area contributed by atoms with Gasteiger partial charge >= 0.3 is 0 Å². The first-order chi connectivity index (χ1) is 7.77. The van der Waals surface area contributed by atoms with Gasteiger partial charge in [0, 0.05) is 6.04 Å². The van der Waals surface area contributed by atoms with Crippen molar-refractivity contribution in [1.82, 2.24) is 4.90 Å². The Morgan fingerprint density at radius 2 is 2.19 bits per heavy atom. The number of piperidine rings is 1. The van der Waals surface area contributed by atoms with Gasteiger partial charge in [-0.15, -0.1) is 0 Å². The molecule has 2 N–H and O–H groups in total. The topological polar surface area (TPSA) is 29.3 Å². The summed E-state index contributed by atoms with van der Waals surface area (Å²) in [6.07, 6.45) is 9.64. The highest BCUT2D eigenvalue weighted by atomic mass is 15.2. The van der Waals surface area contributed by atoms with E-state index < -0.39 is 0 Å². The van der Waals surface area contributed by atoms with Crippen LogP contribution in [0, 0.1) is 5.92 Å². The highest BCUT2D eigenvalue weighted by molar-refractivity contribution is 4.76. The average molecular weight is 226 g/mol. The third kappa shape index (κ3) is 4.84. The number of hydrogen-bond donors (Lipinski definition) is 1. The fourth-order valence-electron chi connectivity index (χ4n) is 2.78. The van der Waals surface area contributed by atoms with Gasteiger partial charge < -0.3 is 10.6 Å². The number of likely N-dealkylation sites (tertiary alicyclic amines) is 1. The summed E-state index contributed by atoms with van der Waals surface area (Å²) >= 11 is 0. The number of nitrogens with zero attached hydrogens (tertiary/aromatic N) is 1. The molecular formula is C14H30N2. The maximum atomic E-state index is 5.65. The Morgan fingerprint density at radius 3 is 2.88 bits per heavy atom. The summed E-state index contributed by atoms with van der Waals surface area (Å²) in [6.45, 7) is 8.05. The van der Waals surface area contributed by atoms with Gasteiger partial charge in [-0.3, -0.25) is 0 Å². The van der Waals surface area contributed by atoms with Gasteiger partial charge in [-0.1, -0.05) is 26.7 Å². The van der Waals surface area contributed by atoms with Gasteiger partial charge in [0.05, 0.1) is 0 Å². The van der Waals surface area contributed by atoms with Crippen molar-refractivity contribution in [1.29, 1.82) is 0 Å². The van der Waals surface area contributed by atoms with Gasteiger partial charge in [-0.05, 0) is 57.7 Å². The third-order valence-corrected chi connectivity index (χ3v) is 3.92. The van der Waals surface area contributed by atoms with E-state index >= 15 is 0 Å². The van der Waals surface area contributed by atoms with Crippen molar-refractivity contribution < 1.29 is 0 Å². The highest BCUT2D eigenvalue weighted by Gasteiger charge is 2.20. The number of nitrogens with two attached hydrogens (primary N) is 1. The predicted octanol–water partition coefficient (Wildman–Crippen LogP) is 3.02. The molecule has 0 amide bonds. The summed E-state index contributed by atoms with van der Waals surface area (Å²) in [7, 11) is 0. The van der Waals surface area contributed by atoms with Gasteiger partial charge in [-0.25, -0.2) is 0 Å². The highest BCUT2D eigenvalue weighted by Crippen LogP contribution is 2.21. The smallest absolute Gasteiger partial charge is 0.00951 e. The van der Waals surface area contributed by atoms with Gasteiger partial charge in [-0.2, -0.15) is 0 Å². The fourth-order valence-corrected chi connectivity index (χ4v) is 2.78. The minimum Gasteiger partial charge on any atom is -0.330 e. The van der Waals surface area contributed by atoms with Crippen LogP contribution >= 0.6 is 0 Å². The van der Waals surface area contributed by atoms with Gasteiger partial charge in [0.25, 0.3) is 0 Å². The second-order valence-electron chi connectivity index (χ2n) is 5.46. The van der Waals surface area contributed by atoms with Crippen molar-refractivity contribution in [2.24, 2.45) is 11.7 Å². The Balaban J connectivity index is 2.21. The van der Waals surface area contributed by atoms with E-state index in [-0.39, 0.29) is 0 Å². The van der Waals surface area contributed by atoms with E-state index in [0.717, 1.165) is 12.6 Å². The van der Waals surface area contributed by atoms with Crippen molar-refractivity contribution >= 4 is 0 Å². The van der Waals surface area contributed by atoms with E-state index in [0.29, 0.717) is 5.92 Å². The molecule has 2 unspecified atom stereocenters. The van der Waals surface area contributed by atoms with Gasteiger partial charge in [0.15, 0.2) is 0 Å². The Bertz CT molecular complexity index is 168. The van der Waals surface area contributed by atoms with Crippen molar-refractivity contribution in [3.8, 4) is 0 Å². The predicted molar refractivity (Wildman–Crippen MR) is 71.6 cm³/mol. The van der Waals surface area contributed by atoms with Gasteiger partial charge in [0.1, 0.15) is 0 Å². The lowest BCUT2D eigenvalue weighted by Crippen LogP contribution is -2.40. The van der Waals surface area contributed by atoms with Crippen molar-refractivity contribution in [3.63, 3.8) is 0 Å². The maximum absolute atomic E-state index is 5.65. The van der Waals surface area contributed by atoms with Gasteiger partial charge in [0.2, 0.25) is 0 Å². The Hall–Kier alpha value is -0.0800. The molecule has 0 aromatic carbocycles. The van der Waals surface area contributed by atoms with E-state index in [1.807, 2.05) is 0 Å². The SMILES string of the molecule is CCCC1CCCCN1CCCC(C)CN. The van der Waals surface area contributed by atoms with Crippen LogP contribution in [-0.4, -0.2) is 30.6 Å². The summed E-state index contributed by atoms with van der Waals surface area (Å²) in [6, 6.07) is 0.881. The molecule has 2 nitrogen and oxygen atoms in total. The summed E-state index contributed by atoms with van der Waals surface area (Å²) in [4.78, 5) is 2.73. The molecule has 1 heterocycles. The molecule has 2 atom stereocenters. The average Bonchev–Trinajstić information content (AvgIpc) is 2.31. The van der Waals surface area contributed by atoms with E-state index in [4.69, 9.17) is 5.73 Å². The molecule has 0 aromatic rings. The Kier molecular flexibility index (Phi) is 7.06. The lowest BCUT2D eigenvalue weighted by molar-refractivity contribution is 0.135. The van der Waals surface area contributed by atoms with Crippen molar-refractivity contribution in [2.45, 2.75) is 64.8 Å². The zero-order valence-corrected chi connectivity index (χ0v) is 11.3. The molecule has 0 saturated carbocycles. The molecule has 1 saturated heterocycles.